The Kier molecular flexibility index (Phi) is 10.9. The maximum Gasteiger partial charge on any atom is 0.446 e. The molecule has 0 aliphatic carbocycles. The van der Waals surface area contributed by atoms with Crippen molar-refractivity contribution in [1.29, 1.82) is 0 Å². The number of amides is 1. The van der Waals surface area contributed by atoms with Crippen LogP contribution in [0.25, 0.3) is 0 Å². The van der Waals surface area contributed by atoms with Crippen LogP contribution in [0.3, 0.4) is 0 Å². The number of carbonyl (C=O) groups excluding carboxylic acids is 2. The fourth-order valence-corrected chi connectivity index (χ4v) is 2.73. The van der Waals surface area contributed by atoms with E-state index >= 15 is 0 Å². The molecule has 0 unspecified atom stereocenters. The van der Waals surface area contributed by atoms with Gasteiger partial charge in [-0.15, -0.1) is 0 Å². The maximum absolute atomic E-state index is 12.6. The zero-order valence-electron chi connectivity index (χ0n) is 18.1. The quantitative estimate of drug-likeness (QED) is 0.295. The highest BCUT2D eigenvalue weighted by molar-refractivity contribution is 5.84. The summed E-state index contributed by atoms with van der Waals surface area (Å²) in [6.07, 6.45) is -8.38. The van der Waals surface area contributed by atoms with Gasteiger partial charge in [-0.3, -0.25) is 9.59 Å². The second-order valence-corrected chi connectivity index (χ2v) is 7.48. The fraction of sp³-hybridized carbons (Fsp3) is 0.391. The molecule has 2 rings (SSSR count). The molecule has 0 aliphatic heterocycles. The molecule has 2 N–H and O–H groups in total. The minimum absolute atomic E-state index is 0.0126. The van der Waals surface area contributed by atoms with E-state index in [1.807, 2.05) is 44.2 Å². The van der Waals surface area contributed by atoms with E-state index in [2.05, 4.69) is 10.6 Å². The molecule has 2 aromatic carbocycles. The first-order valence-electron chi connectivity index (χ1n) is 10.1. The van der Waals surface area contributed by atoms with Gasteiger partial charge in [-0.1, -0.05) is 44.2 Å². The number of anilines is 1. The molecule has 10 heteroatoms. The molecule has 0 radical (unpaired) electrons. The van der Waals surface area contributed by atoms with Gasteiger partial charge in [0.2, 0.25) is 12.2 Å². The van der Waals surface area contributed by atoms with E-state index in [0.717, 1.165) is 25.0 Å². The lowest BCUT2D eigenvalue weighted by Gasteiger charge is -2.23. The zero-order chi connectivity index (χ0) is 25.1. The third-order valence-corrected chi connectivity index (χ3v) is 4.40. The lowest BCUT2D eigenvalue weighted by Crippen LogP contribution is -2.43. The van der Waals surface area contributed by atoms with Crippen molar-refractivity contribution in [2.75, 3.05) is 11.9 Å². The summed E-state index contributed by atoms with van der Waals surface area (Å²) in [7, 11) is 0. The van der Waals surface area contributed by atoms with Gasteiger partial charge in [-0.25, -0.2) is 0 Å². The van der Waals surface area contributed by atoms with Gasteiger partial charge in [-0.05, 0) is 48.6 Å². The molecule has 0 saturated carbocycles. The summed E-state index contributed by atoms with van der Waals surface area (Å²) in [5, 5.41) is 5.94. The van der Waals surface area contributed by atoms with Gasteiger partial charge in [0.05, 0.1) is 5.56 Å². The third kappa shape index (κ3) is 11.4. The molecule has 2 aromatic rings. The van der Waals surface area contributed by atoms with Gasteiger partial charge >= 0.3 is 12.4 Å². The number of halogens is 6. The van der Waals surface area contributed by atoms with Crippen molar-refractivity contribution in [3.63, 3.8) is 0 Å². The molecular weight excluding hydrogens is 450 g/mol. The number of aryl methyl sites for hydroxylation is 1. The van der Waals surface area contributed by atoms with E-state index in [9.17, 15) is 31.1 Å². The number of alkyl halides is 6. The summed E-state index contributed by atoms with van der Waals surface area (Å²) in [5.41, 5.74) is 0.996. The van der Waals surface area contributed by atoms with Gasteiger partial charge in [0.1, 0.15) is 6.04 Å². The molecule has 0 aromatic heterocycles. The standard InChI is InChI=1S/C21H25F3N2O.C2HF3O/c1-15(2)19(26-18-12-10-17(11-13-18)21(22,23)24)20(27)25-14-6-9-16-7-4-3-5-8-16;3-2(4,5)1-6/h3-5,7-8,10-13,15,19,26H,6,9,14H2,1-2H3,(H,25,27);1H/t19-;/m1./s1. The van der Waals surface area contributed by atoms with Gasteiger partial charge in [0.15, 0.2) is 0 Å². The Balaban J connectivity index is 0.000000801. The normalized spacial score (nSPS) is 12.4. The van der Waals surface area contributed by atoms with Crippen LogP contribution in [0.15, 0.2) is 54.6 Å². The monoisotopic (exact) mass is 476 g/mol. The number of hydrogen-bond acceptors (Lipinski definition) is 3. The average Bonchev–Trinajstić information content (AvgIpc) is 2.75. The molecule has 4 nitrogen and oxygen atoms in total. The first kappa shape index (κ1) is 28.0. The van der Waals surface area contributed by atoms with Gasteiger partial charge < -0.3 is 10.6 Å². The smallest absolute Gasteiger partial charge is 0.373 e. The van der Waals surface area contributed by atoms with Crippen molar-refractivity contribution in [3.05, 3.63) is 65.7 Å². The number of carbonyl (C=O) groups is 2. The molecule has 0 aliphatic rings. The van der Waals surface area contributed by atoms with E-state index in [1.165, 1.54) is 17.7 Å². The van der Waals surface area contributed by atoms with Crippen LogP contribution in [0.5, 0.6) is 0 Å². The summed E-state index contributed by atoms with van der Waals surface area (Å²) >= 11 is 0. The SMILES string of the molecule is CC(C)[C@@H](Nc1ccc(C(F)(F)F)cc1)C(=O)NCCCc1ccccc1.O=CC(F)(F)F. The summed E-state index contributed by atoms with van der Waals surface area (Å²) in [5.74, 6) is -0.167. The Morgan fingerprint density at radius 3 is 1.94 bits per heavy atom. The fourth-order valence-electron chi connectivity index (χ4n) is 2.73. The Morgan fingerprint density at radius 1 is 0.939 bits per heavy atom. The second-order valence-electron chi connectivity index (χ2n) is 7.48. The molecule has 0 fully saturated rings. The summed E-state index contributed by atoms with van der Waals surface area (Å²) < 4.78 is 69.2. The minimum atomic E-state index is -4.64. The lowest BCUT2D eigenvalue weighted by molar-refractivity contribution is -0.156. The van der Waals surface area contributed by atoms with E-state index < -0.39 is 30.2 Å². The van der Waals surface area contributed by atoms with Crippen LogP contribution in [0.1, 0.15) is 31.4 Å². The van der Waals surface area contributed by atoms with Crippen LogP contribution in [-0.2, 0) is 22.2 Å². The predicted molar refractivity (Wildman–Crippen MR) is 114 cm³/mol. The summed E-state index contributed by atoms with van der Waals surface area (Å²) in [6, 6.07) is 14.2. The molecule has 33 heavy (non-hydrogen) atoms. The number of aldehydes is 1. The van der Waals surface area contributed by atoms with Crippen LogP contribution in [0.2, 0.25) is 0 Å². The van der Waals surface area contributed by atoms with E-state index in [1.54, 1.807) is 0 Å². The van der Waals surface area contributed by atoms with Crippen molar-refractivity contribution in [3.8, 4) is 0 Å². The molecule has 0 heterocycles. The van der Waals surface area contributed by atoms with Gasteiger partial charge in [-0.2, -0.15) is 26.3 Å². The largest absolute Gasteiger partial charge is 0.446 e. The molecule has 0 saturated heterocycles. The van der Waals surface area contributed by atoms with E-state index in [4.69, 9.17) is 4.79 Å². The maximum atomic E-state index is 12.6. The number of hydrogen-bond donors (Lipinski definition) is 2. The first-order chi connectivity index (χ1) is 15.3. The van der Waals surface area contributed by atoms with Crippen molar-refractivity contribution < 1.29 is 35.9 Å². The number of rotatable bonds is 8. The average molecular weight is 476 g/mol. The Hall–Kier alpha value is -3.04. The van der Waals surface area contributed by atoms with Crippen molar-refractivity contribution >= 4 is 17.9 Å². The molecular formula is C23H26F6N2O2. The first-order valence-corrected chi connectivity index (χ1v) is 10.1. The topological polar surface area (TPSA) is 58.2 Å². The van der Waals surface area contributed by atoms with Crippen LogP contribution in [0, 0.1) is 5.92 Å². The predicted octanol–water partition coefficient (Wildman–Crippen LogP) is 5.64. The molecule has 0 spiro atoms. The van der Waals surface area contributed by atoms with E-state index in [0.29, 0.717) is 12.2 Å². The van der Waals surface area contributed by atoms with E-state index in [-0.39, 0.29) is 11.8 Å². The highest BCUT2D eigenvalue weighted by Crippen LogP contribution is 2.30. The van der Waals surface area contributed by atoms with Gasteiger partial charge in [0, 0.05) is 12.2 Å². The summed E-state index contributed by atoms with van der Waals surface area (Å²) in [6.45, 7) is 4.34. The number of benzene rings is 2. The second kappa shape index (κ2) is 12.9. The summed E-state index contributed by atoms with van der Waals surface area (Å²) in [4.78, 5) is 21.2. The van der Waals surface area contributed by atoms with Crippen LogP contribution in [0.4, 0.5) is 32.0 Å². The van der Waals surface area contributed by atoms with Gasteiger partial charge in [0.25, 0.3) is 0 Å². The minimum Gasteiger partial charge on any atom is -0.373 e. The van der Waals surface area contributed by atoms with Crippen molar-refractivity contribution in [1.82, 2.24) is 5.32 Å². The molecule has 0 bridgehead atoms. The molecule has 182 valence electrons. The molecule has 1 amide bonds. The Labute approximate surface area is 188 Å². The highest BCUT2D eigenvalue weighted by atomic mass is 19.4. The highest BCUT2D eigenvalue weighted by Gasteiger charge is 2.30. The van der Waals surface area contributed by atoms with Crippen LogP contribution in [-0.4, -0.2) is 31.0 Å². The van der Waals surface area contributed by atoms with Crippen LogP contribution >= 0.6 is 0 Å². The number of nitrogens with one attached hydrogen (secondary N) is 2. The third-order valence-electron chi connectivity index (χ3n) is 4.40. The van der Waals surface area contributed by atoms with Crippen molar-refractivity contribution in [2.45, 2.75) is 45.1 Å². The zero-order valence-corrected chi connectivity index (χ0v) is 18.1. The molecule has 1 atom stereocenters. The van der Waals surface area contributed by atoms with Crippen LogP contribution < -0.4 is 10.6 Å². The Morgan fingerprint density at radius 2 is 1.48 bits per heavy atom. The lowest BCUT2D eigenvalue weighted by atomic mass is 10.0. The van der Waals surface area contributed by atoms with Crippen molar-refractivity contribution in [2.24, 2.45) is 5.92 Å². The Bertz CT molecular complexity index is 850.